The van der Waals surface area contributed by atoms with Gasteiger partial charge < -0.3 is 19.4 Å². The number of fused-ring (bicyclic) bond motifs is 2. The van der Waals surface area contributed by atoms with Crippen molar-refractivity contribution in [3.8, 4) is 0 Å². The highest BCUT2D eigenvalue weighted by Crippen LogP contribution is 2.17. The number of aromatic nitrogens is 8. The molecule has 4 aromatic heterocycles. The molecular formula is C20H24N8O4S2. The first-order valence-electron chi connectivity index (χ1n) is 11.1. The zero-order valence-electron chi connectivity index (χ0n) is 18.2. The molecule has 0 aliphatic carbocycles. The van der Waals surface area contributed by atoms with Crippen LogP contribution in [0.15, 0.2) is 22.2 Å². The summed E-state index contributed by atoms with van der Waals surface area (Å²) >= 11 is 10.3. The lowest BCUT2D eigenvalue weighted by molar-refractivity contribution is 0.0971. The molecule has 2 saturated heterocycles. The lowest BCUT2D eigenvalue weighted by Gasteiger charge is -2.12. The van der Waals surface area contributed by atoms with Gasteiger partial charge in [0, 0.05) is 13.2 Å². The van der Waals surface area contributed by atoms with Crippen molar-refractivity contribution < 1.29 is 9.47 Å². The van der Waals surface area contributed by atoms with Crippen LogP contribution in [0.4, 0.5) is 0 Å². The highest BCUT2D eigenvalue weighted by atomic mass is 32.1. The minimum absolute atomic E-state index is 0.160. The molecule has 2 atom stereocenters. The number of ether oxygens (including phenoxy) is 2. The molecule has 14 heteroatoms. The van der Waals surface area contributed by atoms with E-state index in [1.54, 1.807) is 0 Å². The van der Waals surface area contributed by atoms with Crippen LogP contribution in [0.5, 0.6) is 0 Å². The largest absolute Gasteiger partial charge is 0.376 e. The minimum atomic E-state index is -0.230. The van der Waals surface area contributed by atoms with E-state index < -0.39 is 0 Å². The van der Waals surface area contributed by atoms with E-state index in [2.05, 4.69) is 29.9 Å². The average molecular weight is 505 g/mol. The Morgan fingerprint density at radius 3 is 1.65 bits per heavy atom. The molecule has 0 amide bonds. The van der Waals surface area contributed by atoms with Crippen LogP contribution in [0.3, 0.4) is 0 Å². The Kier molecular flexibility index (Phi) is 6.54. The van der Waals surface area contributed by atoms with E-state index in [0.29, 0.717) is 45.0 Å². The highest BCUT2D eigenvalue weighted by molar-refractivity contribution is 7.71. The lowest BCUT2D eigenvalue weighted by Crippen LogP contribution is -2.20. The van der Waals surface area contributed by atoms with Gasteiger partial charge in [-0.1, -0.05) is 0 Å². The van der Waals surface area contributed by atoms with Gasteiger partial charge in [-0.3, -0.25) is 28.7 Å². The van der Waals surface area contributed by atoms with Crippen LogP contribution in [0.1, 0.15) is 25.7 Å². The summed E-state index contributed by atoms with van der Waals surface area (Å²) in [5, 5.41) is 0. The van der Waals surface area contributed by atoms with E-state index in [4.69, 9.17) is 33.9 Å². The van der Waals surface area contributed by atoms with Gasteiger partial charge in [0.25, 0.3) is 11.1 Å². The monoisotopic (exact) mass is 504 g/mol. The molecule has 2 aliphatic heterocycles. The second kappa shape index (κ2) is 9.74. The van der Waals surface area contributed by atoms with Gasteiger partial charge in [0.15, 0.2) is 20.8 Å². The number of nitrogens with one attached hydrogen (secondary N) is 4. The van der Waals surface area contributed by atoms with E-state index in [0.717, 1.165) is 38.9 Å². The first kappa shape index (κ1) is 22.8. The predicted molar refractivity (Wildman–Crippen MR) is 129 cm³/mol. The molecule has 6 heterocycles. The third-order valence-electron chi connectivity index (χ3n) is 5.96. The molecule has 2 unspecified atom stereocenters. The number of hydrogen-bond donors (Lipinski definition) is 4. The van der Waals surface area contributed by atoms with Crippen molar-refractivity contribution in [2.45, 2.75) is 51.0 Å². The van der Waals surface area contributed by atoms with Crippen LogP contribution in [0.2, 0.25) is 0 Å². The van der Waals surface area contributed by atoms with Gasteiger partial charge in [0.2, 0.25) is 0 Å². The van der Waals surface area contributed by atoms with Crippen molar-refractivity contribution in [3.63, 3.8) is 0 Å². The van der Waals surface area contributed by atoms with Crippen molar-refractivity contribution in [1.82, 2.24) is 39.0 Å². The van der Waals surface area contributed by atoms with Gasteiger partial charge in [0.05, 0.1) is 38.0 Å². The Bertz CT molecular complexity index is 1420. The van der Waals surface area contributed by atoms with Crippen LogP contribution in [0.25, 0.3) is 22.3 Å². The molecule has 12 nitrogen and oxygen atoms in total. The van der Waals surface area contributed by atoms with Gasteiger partial charge in [-0.25, -0.2) is 9.97 Å². The second-order valence-corrected chi connectivity index (χ2v) is 8.99. The van der Waals surface area contributed by atoms with Crippen LogP contribution in [-0.4, -0.2) is 64.5 Å². The topological polar surface area (TPSA) is 151 Å². The van der Waals surface area contributed by atoms with Crippen molar-refractivity contribution in [2.75, 3.05) is 13.2 Å². The fourth-order valence-corrected chi connectivity index (χ4v) is 4.79. The zero-order valence-corrected chi connectivity index (χ0v) is 19.8. The SMILES string of the molecule is O=c1[nH]c(=S)n(CC2CCCO2)c2nc[nH]c12.O=c1[nH]c(=S)n(CC2CCCO2)c2nc[nH]c12. The van der Waals surface area contributed by atoms with Crippen molar-refractivity contribution >= 4 is 46.8 Å². The van der Waals surface area contributed by atoms with Gasteiger partial charge in [-0.15, -0.1) is 0 Å². The second-order valence-electron chi connectivity index (χ2n) is 8.21. The third-order valence-corrected chi connectivity index (χ3v) is 6.60. The molecule has 6 rings (SSSR count). The third kappa shape index (κ3) is 4.53. The molecular weight excluding hydrogens is 480 g/mol. The molecule has 0 saturated carbocycles. The van der Waals surface area contributed by atoms with Gasteiger partial charge in [0.1, 0.15) is 11.0 Å². The maximum atomic E-state index is 11.6. The molecule has 2 fully saturated rings. The Labute approximate surface area is 202 Å². The Morgan fingerprint density at radius 2 is 1.26 bits per heavy atom. The van der Waals surface area contributed by atoms with Crippen molar-refractivity contribution in [3.05, 3.63) is 42.9 Å². The molecule has 2 aliphatic rings. The van der Waals surface area contributed by atoms with Crippen LogP contribution < -0.4 is 11.1 Å². The van der Waals surface area contributed by atoms with Crippen LogP contribution >= 0.6 is 24.4 Å². The number of imidazole rings is 2. The first-order chi connectivity index (χ1) is 16.5. The van der Waals surface area contributed by atoms with Crippen molar-refractivity contribution in [1.29, 1.82) is 0 Å². The Morgan fingerprint density at radius 1 is 0.824 bits per heavy atom. The Hall–Kier alpha value is -2.94. The highest BCUT2D eigenvalue weighted by Gasteiger charge is 2.19. The van der Waals surface area contributed by atoms with E-state index >= 15 is 0 Å². The minimum Gasteiger partial charge on any atom is -0.376 e. The summed E-state index contributed by atoms with van der Waals surface area (Å²) in [6, 6.07) is 0. The molecule has 4 aromatic rings. The number of hydrogen-bond acceptors (Lipinski definition) is 8. The fraction of sp³-hybridized carbons (Fsp3) is 0.500. The lowest BCUT2D eigenvalue weighted by atomic mass is 10.2. The molecule has 0 aromatic carbocycles. The standard InChI is InChI=1S/2C10H12N4O2S/c2*15-9-7-8(12-5-11-7)14(10(17)13-9)4-6-2-1-3-16-6/h2*5-6H,1-4H2,(H,11,12)(H,13,15,17). The summed E-state index contributed by atoms with van der Waals surface area (Å²) in [7, 11) is 0. The van der Waals surface area contributed by atoms with Gasteiger partial charge >= 0.3 is 0 Å². The first-order valence-corrected chi connectivity index (χ1v) is 11.9. The van der Waals surface area contributed by atoms with Crippen molar-refractivity contribution in [2.24, 2.45) is 0 Å². The predicted octanol–water partition coefficient (Wildman–Crippen LogP) is 1.92. The molecule has 0 spiro atoms. The molecule has 0 bridgehead atoms. The normalized spacial score (nSPS) is 20.1. The number of nitrogens with zero attached hydrogens (tertiary/aromatic N) is 4. The van der Waals surface area contributed by atoms with Crippen LogP contribution in [0, 0.1) is 9.54 Å². The molecule has 34 heavy (non-hydrogen) atoms. The van der Waals surface area contributed by atoms with E-state index in [1.807, 2.05) is 9.13 Å². The maximum Gasteiger partial charge on any atom is 0.277 e. The maximum absolute atomic E-state index is 11.6. The smallest absolute Gasteiger partial charge is 0.277 e. The summed E-state index contributed by atoms with van der Waals surface area (Å²) in [6.45, 7) is 2.87. The van der Waals surface area contributed by atoms with Gasteiger partial charge in [-0.2, -0.15) is 0 Å². The summed E-state index contributed by atoms with van der Waals surface area (Å²) in [5.74, 6) is 0. The summed E-state index contributed by atoms with van der Waals surface area (Å²) in [5.41, 5.74) is 1.63. The van der Waals surface area contributed by atoms with E-state index in [1.165, 1.54) is 12.7 Å². The van der Waals surface area contributed by atoms with Crippen LogP contribution in [-0.2, 0) is 22.6 Å². The quantitative estimate of drug-likeness (QED) is 0.308. The number of rotatable bonds is 4. The molecule has 4 N–H and O–H groups in total. The zero-order chi connectivity index (χ0) is 23.7. The summed E-state index contributed by atoms with van der Waals surface area (Å²) in [6.07, 6.45) is 7.51. The van der Waals surface area contributed by atoms with Gasteiger partial charge in [-0.05, 0) is 50.1 Å². The fourth-order valence-electron chi connectivity index (χ4n) is 4.29. The summed E-state index contributed by atoms with van der Waals surface area (Å²) < 4.78 is 15.6. The molecule has 180 valence electrons. The Balaban J connectivity index is 0.000000142. The number of aromatic amines is 4. The van der Waals surface area contributed by atoms with E-state index in [-0.39, 0.29) is 23.3 Å². The molecule has 0 radical (unpaired) electrons. The summed E-state index contributed by atoms with van der Waals surface area (Å²) in [4.78, 5) is 42.4. The average Bonchev–Trinajstić information content (AvgIpc) is 3.62. The number of H-pyrrole nitrogens is 4. The van der Waals surface area contributed by atoms with E-state index in [9.17, 15) is 9.59 Å².